The van der Waals surface area contributed by atoms with Crippen LogP contribution in [0.5, 0.6) is 0 Å². The predicted octanol–water partition coefficient (Wildman–Crippen LogP) is 0.0315. The highest BCUT2D eigenvalue weighted by Crippen LogP contribution is 2.15. The molecule has 2 saturated heterocycles. The minimum Gasteiger partial charge on any atom is -0.366 e. The Hall–Kier alpha value is -2.71. The van der Waals surface area contributed by atoms with Gasteiger partial charge in [0, 0.05) is 50.8 Å². The summed E-state index contributed by atoms with van der Waals surface area (Å²) in [5.74, 6) is -0.203. The van der Waals surface area contributed by atoms with Gasteiger partial charge in [0.2, 0.25) is 5.91 Å². The van der Waals surface area contributed by atoms with Gasteiger partial charge in [0.25, 0.3) is 5.91 Å². The summed E-state index contributed by atoms with van der Waals surface area (Å²) in [5.41, 5.74) is 2.25. The number of hydrogen-bond acceptors (Lipinski definition) is 5. The first-order valence-electron chi connectivity index (χ1n) is 9.16. The Balaban J connectivity index is 1.35. The number of hydrogen-bond donors (Lipinski definition) is 1. The van der Waals surface area contributed by atoms with Crippen LogP contribution in [-0.4, -0.2) is 76.6 Å². The number of carbonyl (C=O) groups is 2. The van der Waals surface area contributed by atoms with E-state index in [0.717, 1.165) is 18.8 Å². The molecule has 1 N–H and O–H groups in total. The van der Waals surface area contributed by atoms with Gasteiger partial charge in [-0.25, -0.2) is 4.98 Å². The van der Waals surface area contributed by atoms with E-state index in [1.165, 1.54) is 5.56 Å². The standard InChI is InChI=1S/C19H23N5O3/c25-18-13-23(8-6-21-18)19(26)17-12-22(9-10-27-17)11-15-1-3-16(4-2-15)24-7-5-20-14-24/h1-5,7,14,17H,6,8-13H2,(H,21,25)/t17-/m0/s1. The molecule has 0 saturated carbocycles. The number of benzene rings is 1. The number of ether oxygens (including phenoxy) is 1. The lowest BCUT2D eigenvalue weighted by Crippen LogP contribution is -2.56. The molecule has 1 atom stereocenters. The minimum atomic E-state index is -0.505. The maximum absolute atomic E-state index is 12.7. The largest absolute Gasteiger partial charge is 0.366 e. The Labute approximate surface area is 157 Å². The van der Waals surface area contributed by atoms with E-state index in [-0.39, 0.29) is 18.4 Å². The molecule has 8 nitrogen and oxygen atoms in total. The highest BCUT2D eigenvalue weighted by molar-refractivity contribution is 5.88. The van der Waals surface area contributed by atoms with Gasteiger partial charge < -0.3 is 19.5 Å². The molecule has 1 aromatic heterocycles. The molecule has 3 heterocycles. The summed E-state index contributed by atoms with van der Waals surface area (Å²) in [5, 5.41) is 2.74. The molecule has 2 aromatic rings. The van der Waals surface area contributed by atoms with Gasteiger partial charge in [-0.15, -0.1) is 0 Å². The normalized spacial score (nSPS) is 21.1. The lowest BCUT2D eigenvalue weighted by molar-refractivity contribution is -0.153. The molecule has 1 aromatic carbocycles. The molecule has 142 valence electrons. The molecule has 2 aliphatic rings. The quantitative estimate of drug-likeness (QED) is 0.823. The van der Waals surface area contributed by atoms with E-state index in [9.17, 15) is 9.59 Å². The smallest absolute Gasteiger partial charge is 0.253 e. The highest BCUT2D eigenvalue weighted by Gasteiger charge is 2.32. The molecule has 2 aliphatic heterocycles. The first-order chi connectivity index (χ1) is 13.2. The molecule has 0 bridgehead atoms. The Bertz CT molecular complexity index is 790. The molecule has 0 spiro atoms. The fraction of sp³-hybridized carbons (Fsp3) is 0.421. The zero-order valence-corrected chi connectivity index (χ0v) is 15.1. The van der Waals surface area contributed by atoms with Crippen molar-refractivity contribution in [2.45, 2.75) is 12.6 Å². The van der Waals surface area contributed by atoms with Crippen LogP contribution in [0.1, 0.15) is 5.56 Å². The zero-order chi connectivity index (χ0) is 18.6. The molecular formula is C19H23N5O3. The van der Waals surface area contributed by atoms with Crippen molar-refractivity contribution in [3.63, 3.8) is 0 Å². The first-order valence-corrected chi connectivity index (χ1v) is 9.16. The summed E-state index contributed by atoms with van der Waals surface area (Å²) in [6.45, 7) is 3.77. The highest BCUT2D eigenvalue weighted by atomic mass is 16.5. The molecular weight excluding hydrogens is 346 g/mol. The van der Waals surface area contributed by atoms with Crippen molar-refractivity contribution in [3.8, 4) is 5.69 Å². The Morgan fingerprint density at radius 3 is 2.85 bits per heavy atom. The second-order valence-electron chi connectivity index (χ2n) is 6.84. The van der Waals surface area contributed by atoms with E-state index in [1.807, 2.05) is 10.8 Å². The Morgan fingerprint density at radius 1 is 1.26 bits per heavy atom. The van der Waals surface area contributed by atoms with Crippen molar-refractivity contribution in [2.24, 2.45) is 0 Å². The second-order valence-corrected chi connectivity index (χ2v) is 6.84. The number of aromatic nitrogens is 2. The predicted molar refractivity (Wildman–Crippen MR) is 98.2 cm³/mol. The van der Waals surface area contributed by atoms with Crippen LogP contribution >= 0.6 is 0 Å². The van der Waals surface area contributed by atoms with E-state index in [0.29, 0.717) is 26.2 Å². The van der Waals surface area contributed by atoms with E-state index >= 15 is 0 Å². The van der Waals surface area contributed by atoms with Gasteiger partial charge in [-0.1, -0.05) is 12.1 Å². The Morgan fingerprint density at radius 2 is 2.11 bits per heavy atom. The van der Waals surface area contributed by atoms with Crippen LogP contribution in [-0.2, 0) is 20.9 Å². The third-order valence-electron chi connectivity index (χ3n) is 4.92. The molecule has 0 radical (unpaired) electrons. The van der Waals surface area contributed by atoms with Gasteiger partial charge in [0.1, 0.15) is 6.10 Å². The minimum absolute atomic E-state index is 0.0926. The lowest BCUT2D eigenvalue weighted by Gasteiger charge is -2.36. The van der Waals surface area contributed by atoms with Crippen LogP contribution in [0.25, 0.3) is 5.69 Å². The fourth-order valence-corrected chi connectivity index (χ4v) is 3.47. The maximum atomic E-state index is 12.7. The summed E-state index contributed by atoms with van der Waals surface area (Å²) in [4.78, 5) is 32.1. The maximum Gasteiger partial charge on any atom is 0.253 e. The van der Waals surface area contributed by atoms with Crippen LogP contribution in [0, 0.1) is 0 Å². The number of carbonyl (C=O) groups excluding carboxylic acids is 2. The Kier molecular flexibility index (Phi) is 5.17. The first kappa shape index (κ1) is 17.7. The van der Waals surface area contributed by atoms with Crippen molar-refractivity contribution in [1.29, 1.82) is 0 Å². The number of amides is 2. The van der Waals surface area contributed by atoms with E-state index < -0.39 is 6.10 Å². The summed E-state index contributed by atoms with van der Waals surface area (Å²) in [7, 11) is 0. The number of morpholine rings is 1. The van der Waals surface area contributed by atoms with Gasteiger partial charge in [0.15, 0.2) is 0 Å². The molecule has 2 fully saturated rings. The van der Waals surface area contributed by atoms with Crippen molar-refractivity contribution in [2.75, 3.05) is 39.3 Å². The van der Waals surface area contributed by atoms with Crippen molar-refractivity contribution < 1.29 is 14.3 Å². The van der Waals surface area contributed by atoms with Gasteiger partial charge in [-0.05, 0) is 17.7 Å². The van der Waals surface area contributed by atoms with Crippen molar-refractivity contribution in [1.82, 2.24) is 24.7 Å². The number of nitrogens with one attached hydrogen (secondary N) is 1. The van der Waals surface area contributed by atoms with Crippen molar-refractivity contribution >= 4 is 11.8 Å². The van der Waals surface area contributed by atoms with Crippen LogP contribution in [0.2, 0.25) is 0 Å². The van der Waals surface area contributed by atoms with E-state index in [4.69, 9.17) is 4.74 Å². The monoisotopic (exact) mass is 369 g/mol. The van der Waals surface area contributed by atoms with Gasteiger partial charge in [-0.3, -0.25) is 14.5 Å². The third-order valence-corrected chi connectivity index (χ3v) is 4.92. The molecule has 0 aliphatic carbocycles. The average molecular weight is 369 g/mol. The van der Waals surface area contributed by atoms with Crippen LogP contribution in [0.3, 0.4) is 0 Å². The summed E-state index contributed by atoms with van der Waals surface area (Å²) >= 11 is 0. The van der Waals surface area contributed by atoms with Crippen molar-refractivity contribution in [3.05, 3.63) is 48.5 Å². The number of piperazine rings is 1. The zero-order valence-electron chi connectivity index (χ0n) is 15.1. The average Bonchev–Trinajstić information content (AvgIpc) is 3.23. The third kappa shape index (κ3) is 4.17. The molecule has 27 heavy (non-hydrogen) atoms. The number of rotatable bonds is 4. The SMILES string of the molecule is O=C1CN(C(=O)[C@@H]2CN(Cc3ccc(-n4ccnc4)cc3)CCO2)CCN1. The van der Waals surface area contributed by atoms with Gasteiger partial charge in [0.05, 0.1) is 19.5 Å². The van der Waals surface area contributed by atoms with Gasteiger partial charge >= 0.3 is 0 Å². The van der Waals surface area contributed by atoms with Crippen LogP contribution < -0.4 is 5.32 Å². The summed E-state index contributed by atoms with van der Waals surface area (Å²) in [6.07, 6.45) is 4.93. The molecule has 0 unspecified atom stereocenters. The molecule has 2 amide bonds. The van der Waals surface area contributed by atoms with Crippen LogP contribution in [0.4, 0.5) is 0 Å². The summed E-state index contributed by atoms with van der Waals surface area (Å²) in [6, 6.07) is 8.31. The molecule has 8 heteroatoms. The molecule has 4 rings (SSSR count). The summed E-state index contributed by atoms with van der Waals surface area (Å²) < 4.78 is 7.65. The second kappa shape index (κ2) is 7.89. The van der Waals surface area contributed by atoms with Gasteiger partial charge in [-0.2, -0.15) is 0 Å². The topological polar surface area (TPSA) is 79.7 Å². The van der Waals surface area contributed by atoms with E-state index in [2.05, 4.69) is 39.5 Å². The number of imidazole rings is 1. The fourth-order valence-electron chi connectivity index (χ4n) is 3.47. The lowest BCUT2D eigenvalue weighted by atomic mass is 10.1. The van der Waals surface area contributed by atoms with Crippen LogP contribution in [0.15, 0.2) is 43.0 Å². The van der Waals surface area contributed by atoms with E-state index in [1.54, 1.807) is 17.4 Å². The number of nitrogens with zero attached hydrogens (tertiary/aromatic N) is 4.